The fourth-order valence-corrected chi connectivity index (χ4v) is 3.05. The molecule has 0 fully saturated rings. The van der Waals surface area contributed by atoms with Crippen LogP contribution in [0.3, 0.4) is 0 Å². The van der Waals surface area contributed by atoms with E-state index in [2.05, 4.69) is 66.6 Å². The molecule has 2 aromatic carbocycles. The molecule has 0 atom stereocenters. The molecule has 19 heavy (non-hydrogen) atoms. The minimum Gasteiger partial charge on any atom is -0.357 e. The maximum atomic E-state index is 4.61. The highest BCUT2D eigenvalue weighted by Gasteiger charge is 2.04. The van der Waals surface area contributed by atoms with Gasteiger partial charge in [0.2, 0.25) is 0 Å². The summed E-state index contributed by atoms with van der Waals surface area (Å²) in [7, 11) is 0. The molecule has 0 saturated carbocycles. The van der Waals surface area contributed by atoms with Crippen molar-refractivity contribution in [2.75, 3.05) is 5.32 Å². The van der Waals surface area contributed by atoms with Gasteiger partial charge in [-0.3, -0.25) is 0 Å². The van der Waals surface area contributed by atoms with Gasteiger partial charge in [-0.1, -0.05) is 41.7 Å². The number of benzene rings is 2. The van der Waals surface area contributed by atoms with Crippen molar-refractivity contribution < 1.29 is 0 Å². The van der Waals surface area contributed by atoms with Crippen LogP contribution >= 0.6 is 11.3 Å². The summed E-state index contributed by atoms with van der Waals surface area (Å²) in [6.07, 6.45) is 0. The van der Waals surface area contributed by atoms with E-state index in [1.54, 1.807) is 11.3 Å². The summed E-state index contributed by atoms with van der Waals surface area (Å²) < 4.78 is 1.24. The Balaban J connectivity index is 1.80. The average molecular weight is 268 g/mol. The Hall–Kier alpha value is -1.87. The molecule has 0 aliphatic carbocycles. The van der Waals surface area contributed by atoms with Crippen LogP contribution in [0, 0.1) is 13.8 Å². The van der Waals surface area contributed by atoms with Gasteiger partial charge in [-0.05, 0) is 42.7 Å². The highest BCUT2D eigenvalue weighted by Crippen LogP contribution is 2.27. The Morgan fingerprint density at radius 3 is 2.79 bits per heavy atom. The maximum Gasteiger partial charge on any atom is 0.184 e. The summed E-state index contributed by atoms with van der Waals surface area (Å²) in [6, 6.07) is 14.8. The molecule has 0 radical (unpaired) electrons. The van der Waals surface area contributed by atoms with Crippen molar-refractivity contribution in [3.05, 3.63) is 59.2 Å². The number of anilines is 1. The number of nitrogens with zero attached hydrogens (tertiary/aromatic N) is 1. The summed E-state index contributed by atoms with van der Waals surface area (Å²) in [5.41, 5.74) is 4.98. The topological polar surface area (TPSA) is 24.9 Å². The smallest absolute Gasteiger partial charge is 0.184 e. The second-order valence-corrected chi connectivity index (χ2v) is 5.80. The molecule has 0 bridgehead atoms. The monoisotopic (exact) mass is 268 g/mol. The predicted octanol–water partition coefficient (Wildman–Crippen LogP) is 4.53. The van der Waals surface area contributed by atoms with Gasteiger partial charge in [0, 0.05) is 6.54 Å². The third-order valence-electron chi connectivity index (χ3n) is 3.24. The molecule has 0 spiro atoms. The Morgan fingerprint density at radius 2 is 1.95 bits per heavy atom. The largest absolute Gasteiger partial charge is 0.357 e. The summed E-state index contributed by atoms with van der Waals surface area (Å²) in [6.45, 7) is 5.07. The SMILES string of the molecule is Cc1ccc2nc(NCc3ccccc3C)sc2c1. The first kappa shape index (κ1) is 12.2. The number of aromatic nitrogens is 1. The number of fused-ring (bicyclic) bond motifs is 1. The van der Waals surface area contributed by atoms with Crippen LogP contribution in [0.2, 0.25) is 0 Å². The molecule has 0 aliphatic rings. The normalized spacial score (nSPS) is 10.8. The van der Waals surface area contributed by atoms with E-state index in [-0.39, 0.29) is 0 Å². The van der Waals surface area contributed by atoms with Gasteiger partial charge in [-0.25, -0.2) is 4.98 Å². The first-order valence-corrected chi connectivity index (χ1v) is 7.19. The number of nitrogens with one attached hydrogen (secondary N) is 1. The van der Waals surface area contributed by atoms with Gasteiger partial charge in [0.15, 0.2) is 5.13 Å². The first-order chi connectivity index (χ1) is 9.22. The van der Waals surface area contributed by atoms with E-state index in [0.29, 0.717) is 0 Å². The molecule has 0 saturated heterocycles. The van der Waals surface area contributed by atoms with Gasteiger partial charge < -0.3 is 5.32 Å². The fourth-order valence-electron chi connectivity index (χ4n) is 2.09. The van der Waals surface area contributed by atoms with Crippen molar-refractivity contribution in [2.45, 2.75) is 20.4 Å². The second kappa shape index (κ2) is 5.02. The van der Waals surface area contributed by atoms with Crippen molar-refractivity contribution in [3.8, 4) is 0 Å². The molecule has 2 nitrogen and oxygen atoms in total. The molecule has 0 amide bonds. The zero-order valence-corrected chi connectivity index (χ0v) is 11.9. The van der Waals surface area contributed by atoms with E-state index in [9.17, 15) is 0 Å². The number of thiazole rings is 1. The lowest BCUT2D eigenvalue weighted by atomic mass is 10.1. The zero-order valence-electron chi connectivity index (χ0n) is 11.1. The van der Waals surface area contributed by atoms with Crippen LogP contribution in [-0.4, -0.2) is 4.98 Å². The van der Waals surface area contributed by atoms with Crippen LogP contribution in [0.1, 0.15) is 16.7 Å². The van der Waals surface area contributed by atoms with Gasteiger partial charge in [0.25, 0.3) is 0 Å². The Kier molecular flexibility index (Phi) is 3.22. The van der Waals surface area contributed by atoms with Crippen molar-refractivity contribution >= 4 is 26.7 Å². The van der Waals surface area contributed by atoms with E-state index >= 15 is 0 Å². The minimum atomic E-state index is 0.825. The molecule has 1 aromatic heterocycles. The van der Waals surface area contributed by atoms with E-state index < -0.39 is 0 Å². The number of hydrogen-bond donors (Lipinski definition) is 1. The fraction of sp³-hybridized carbons (Fsp3) is 0.188. The standard InChI is InChI=1S/C16H16N2S/c1-11-7-8-14-15(9-11)19-16(18-14)17-10-13-6-4-3-5-12(13)2/h3-9H,10H2,1-2H3,(H,17,18). The van der Waals surface area contributed by atoms with Gasteiger partial charge in [-0.15, -0.1) is 0 Å². The summed E-state index contributed by atoms with van der Waals surface area (Å²) in [4.78, 5) is 4.61. The van der Waals surface area contributed by atoms with Crippen LogP contribution < -0.4 is 5.32 Å². The molecule has 96 valence electrons. The predicted molar refractivity (Wildman–Crippen MR) is 82.9 cm³/mol. The second-order valence-electron chi connectivity index (χ2n) is 4.77. The molecule has 3 rings (SSSR count). The highest BCUT2D eigenvalue weighted by molar-refractivity contribution is 7.22. The van der Waals surface area contributed by atoms with Crippen LogP contribution in [0.5, 0.6) is 0 Å². The lowest BCUT2D eigenvalue weighted by Crippen LogP contribution is -2.00. The van der Waals surface area contributed by atoms with Gasteiger partial charge in [0.05, 0.1) is 10.2 Å². The average Bonchev–Trinajstić information content (AvgIpc) is 2.79. The summed E-state index contributed by atoms with van der Waals surface area (Å²) in [5.74, 6) is 0. The Labute approximate surface area is 117 Å². The van der Waals surface area contributed by atoms with Gasteiger partial charge in [0.1, 0.15) is 0 Å². The quantitative estimate of drug-likeness (QED) is 0.755. The highest BCUT2D eigenvalue weighted by atomic mass is 32.1. The summed E-state index contributed by atoms with van der Waals surface area (Å²) >= 11 is 1.71. The van der Waals surface area contributed by atoms with E-state index in [1.807, 2.05) is 0 Å². The third-order valence-corrected chi connectivity index (χ3v) is 4.21. The van der Waals surface area contributed by atoms with Crippen LogP contribution in [-0.2, 0) is 6.54 Å². The molecule has 3 heteroatoms. The third kappa shape index (κ3) is 2.61. The first-order valence-electron chi connectivity index (χ1n) is 6.38. The van der Waals surface area contributed by atoms with Crippen molar-refractivity contribution in [1.29, 1.82) is 0 Å². The van der Waals surface area contributed by atoms with Crippen molar-refractivity contribution in [3.63, 3.8) is 0 Å². The van der Waals surface area contributed by atoms with Crippen LogP contribution in [0.25, 0.3) is 10.2 Å². The van der Waals surface area contributed by atoms with E-state index in [4.69, 9.17) is 0 Å². The summed E-state index contributed by atoms with van der Waals surface area (Å²) in [5, 5.41) is 4.41. The lowest BCUT2D eigenvalue weighted by molar-refractivity contribution is 1.11. The molecular weight excluding hydrogens is 252 g/mol. The Morgan fingerprint density at radius 1 is 1.11 bits per heavy atom. The van der Waals surface area contributed by atoms with Crippen molar-refractivity contribution in [2.24, 2.45) is 0 Å². The number of hydrogen-bond acceptors (Lipinski definition) is 3. The van der Waals surface area contributed by atoms with Gasteiger partial charge in [-0.2, -0.15) is 0 Å². The van der Waals surface area contributed by atoms with Gasteiger partial charge >= 0.3 is 0 Å². The molecular formula is C16H16N2S. The molecule has 0 aliphatic heterocycles. The molecule has 1 heterocycles. The zero-order chi connectivity index (χ0) is 13.2. The van der Waals surface area contributed by atoms with E-state index in [1.165, 1.54) is 21.4 Å². The number of aryl methyl sites for hydroxylation is 2. The number of rotatable bonds is 3. The van der Waals surface area contributed by atoms with Crippen LogP contribution in [0.15, 0.2) is 42.5 Å². The van der Waals surface area contributed by atoms with Crippen LogP contribution in [0.4, 0.5) is 5.13 Å². The van der Waals surface area contributed by atoms with E-state index in [0.717, 1.165) is 17.2 Å². The Bertz CT molecular complexity index is 716. The molecule has 1 N–H and O–H groups in total. The molecule has 3 aromatic rings. The molecule has 0 unspecified atom stereocenters. The minimum absolute atomic E-state index is 0.825. The van der Waals surface area contributed by atoms with Crippen molar-refractivity contribution in [1.82, 2.24) is 4.98 Å². The maximum absolute atomic E-state index is 4.61. The lowest BCUT2D eigenvalue weighted by Gasteiger charge is -2.05.